The van der Waals surface area contributed by atoms with E-state index in [9.17, 15) is 9.59 Å². The van der Waals surface area contributed by atoms with E-state index in [1.165, 1.54) is 6.08 Å². The van der Waals surface area contributed by atoms with Gasteiger partial charge in [0.15, 0.2) is 0 Å². The van der Waals surface area contributed by atoms with Crippen LogP contribution in [0.25, 0.3) is 6.08 Å². The van der Waals surface area contributed by atoms with Gasteiger partial charge in [0.05, 0.1) is 0 Å². The zero-order chi connectivity index (χ0) is 13.1. The third-order valence-electron chi connectivity index (χ3n) is 2.45. The molecule has 4 nitrogen and oxygen atoms in total. The number of carbonyl (C=O) groups is 2. The molecule has 5 heteroatoms. The lowest BCUT2D eigenvalue weighted by atomic mass is 10.2. The summed E-state index contributed by atoms with van der Waals surface area (Å²) < 4.78 is 1.12. The molecule has 0 aromatic heterocycles. The molecule has 1 aromatic rings. The molecule has 0 unspecified atom stereocenters. The van der Waals surface area contributed by atoms with Crippen molar-refractivity contribution in [2.24, 2.45) is 0 Å². The van der Waals surface area contributed by atoms with Crippen LogP contribution in [-0.4, -0.2) is 23.4 Å². The van der Waals surface area contributed by atoms with Gasteiger partial charge in [-0.25, -0.2) is 4.79 Å². The van der Waals surface area contributed by atoms with E-state index in [1.54, 1.807) is 6.08 Å². The number of benzene rings is 1. The van der Waals surface area contributed by atoms with E-state index in [0.717, 1.165) is 14.0 Å². The minimum Gasteiger partial charge on any atom is -0.303 e. The number of rotatable bonds is 3. The summed E-state index contributed by atoms with van der Waals surface area (Å²) in [5.74, 6) is -0.321. The summed E-state index contributed by atoms with van der Waals surface area (Å²) in [5.41, 5.74) is 1.17. The summed E-state index contributed by atoms with van der Waals surface area (Å²) in [6.45, 7) is 3.73. The Bertz CT molecular complexity index is 534. The van der Waals surface area contributed by atoms with E-state index in [2.05, 4.69) is 34.5 Å². The minimum atomic E-state index is -0.406. The molecule has 0 bridgehead atoms. The van der Waals surface area contributed by atoms with Gasteiger partial charge in [0.25, 0.3) is 5.91 Å². The molecule has 92 valence electrons. The van der Waals surface area contributed by atoms with Gasteiger partial charge < -0.3 is 5.32 Å². The highest BCUT2D eigenvalue weighted by Crippen LogP contribution is 2.15. The average molecular weight is 354 g/mol. The van der Waals surface area contributed by atoms with Gasteiger partial charge in [0.1, 0.15) is 5.70 Å². The van der Waals surface area contributed by atoms with Gasteiger partial charge in [-0.1, -0.05) is 18.2 Å². The highest BCUT2D eigenvalue weighted by atomic mass is 127. The lowest BCUT2D eigenvalue weighted by Crippen LogP contribution is -2.30. The molecule has 1 aromatic carbocycles. The molecule has 0 spiro atoms. The Hall–Kier alpha value is -1.63. The molecule has 0 saturated carbocycles. The Labute approximate surface area is 118 Å². The Kier molecular flexibility index (Phi) is 3.81. The fourth-order valence-electron chi connectivity index (χ4n) is 1.59. The van der Waals surface area contributed by atoms with E-state index in [4.69, 9.17) is 0 Å². The Morgan fingerprint density at radius 2 is 1.94 bits per heavy atom. The number of imide groups is 1. The average Bonchev–Trinajstić information content (AvgIpc) is 2.60. The van der Waals surface area contributed by atoms with Gasteiger partial charge in [-0.2, -0.15) is 0 Å². The third-order valence-corrected chi connectivity index (χ3v) is 3.17. The van der Waals surface area contributed by atoms with Crippen molar-refractivity contribution in [1.82, 2.24) is 10.2 Å². The van der Waals surface area contributed by atoms with E-state index in [-0.39, 0.29) is 12.5 Å². The number of amides is 3. The number of nitrogens with zero attached hydrogens (tertiary/aromatic N) is 1. The zero-order valence-electron chi connectivity index (χ0n) is 9.52. The van der Waals surface area contributed by atoms with Crippen molar-refractivity contribution in [2.75, 3.05) is 6.54 Å². The van der Waals surface area contributed by atoms with Crippen molar-refractivity contribution in [1.29, 1.82) is 0 Å². The second kappa shape index (κ2) is 5.34. The second-order valence-corrected chi connectivity index (χ2v) is 4.99. The van der Waals surface area contributed by atoms with E-state index in [1.807, 2.05) is 24.3 Å². The standard InChI is InChI=1S/C13H11IN2O2/c1-2-7-16-12(17)11(15-13(16)18)8-9-3-5-10(14)6-4-9/h2-6,8H,1,7H2,(H,15,18)/b11-8+. The second-order valence-electron chi connectivity index (χ2n) is 3.74. The first-order chi connectivity index (χ1) is 8.61. The van der Waals surface area contributed by atoms with E-state index >= 15 is 0 Å². The van der Waals surface area contributed by atoms with Crippen LogP contribution in [0.5, 0.6) is 0 Å². The van der Waals surface area contributed by atoms with Crippen LogP contribution in [0.2, 0.25) is 0 Å². The van der Waals surface area contributed by atoms with Crippen molar-refractivity contribution >= 4 is 40.6 Å². The summed E-state index contributed by atoms with van der Waals surface area (Å²) >= 11 is 2.21. The fraction of sp³-hybridized carbons (Fsp3) is 0.0769. The number of carbonyl (C=O) groups excluding carboxylic acids is 2. The zero-order valence-corrected chi connectivity index (χ0v) is 11.7. The first kappa shape index (κ1) is 12.8. The molecule has 1 heterocycles. The van der Waals surface area contributed by atoms with Crippen molar-refractivity contribution in [3.05, 3.63) is 51.8 Å². The van der Waals surface area contributed by atoms with Gasteiger partial charge in [0.2, 0.25) is 0 Å². The summed E-state index contributed by atoms with van der Waals surface area (Å²) in [6.07, 6.45) is 3.19. The van der Waals surface area contributed by atoms with Gasteiger partial charge in [-0.3, -0.25) is 9.69 Å². The predicted octanol–water partition coefficient (Wildman–Crippen LogP) is 2.37. The number of hydrogen-bond acceptors (Lipinski definition) is 2. The molecule has 1 aliphatic heterocycles. The summed E-state index contributed by atoms with van der Waals surface area (Å²) in [5, 5.41) is 2.55. The maximum atomic E-state index is 11.9. The van der Waals surface area contributed by atoms with Crippen LogP contribution in [0.15, 0.2) is 42.6 Å². The highest BCUT2D eigenvalue weighted by Gasteiger charge is 2.32. The van der Waals surface area contributed by atoms with Crippen molar-refractivity contribution in [2.45, 2.75) is 0 Å². The van der Waals surface area contributed by atoms with E-state index in [0.29, 0.717) is 5.70 Å². The minimum absolute atomic E-state index is 0.217. The third kappa shape index (κ3) is 2.61. The smallest absolute Gasteiger partial charge is 0.303 e. The monoisotopic (exact) mass is 354 g/mol. The van der Waals surface area contributed by atoms with Crippen LogP contribution >= 0.6 is 22.6 Å². The van der Waals surface area contributed by atoms with Crippen LogP contribution in [0, 0.1) is 3.57 Å². The Morgan fingerprint density at radius 3 is 2.56 bits per heavy atom. The van der Waals surface area contributed by atoms with Crippen molar-refractivity contribution < 1.29 is 9.59 Å². The number of nitrogens with one attached hydrogen (secondary N) is 1. The van der Waals surface area contributed by atoms with Crippen LogP contribution in [0.1, 0.15) is 5.56 Å². The van der Waals surface area contributed by atoms with Gasteiger partial charge in [-0.05, 0) is 46.4 Å². The largest absolute Gasteiger partial charge is 0.329 e. The number of halogens is 1. The topological polar surface area (TPSA) is 49.4 Å². The lowest BCUT2D eigenvalue weighted by Gasteiger charge is -2.06. The normalized spacial score (nSPS) is 17.2. The van der Waals surface area contributed by atoms with Crippen LogP contribution in [-0.2, 0) is 4.79 Å². The molecule has 0 aliphatic carbocycles. The summed E-state index contributed by atoms with van der Waals surface area (Å²) in [6, 6.07) is 7.26. The van der Waals surface area contributed by atoms with Gasteiger partial charge >= 0.3 is 6.03 Å². The quantitative estimate of drug-likeness (QED) is 0.392. The van der Waals surface area contributed by atoms with Crippen LogP contribution < -0.4 is 5.32 Å². The van der Waals surface area contributed by atoms with E-state index < -0.39 is 6.03 Å². The molecular formula is C13H11IN2O2. The SMILES string of the molecule is C=CCN1C(=O)N/C(=C/c2ccc(I)cc2)C1=O. The van der Waals surface area contributed by atoms with Crippen LogP contribution in [0.4, 0.5) is 4.79 Å². The molecule has 1 saturated heterocycles. The van der Waals surface area contributed by atoms with Crippen molar-refractivity contribution in [3.8, 4) is 0 Å². The van der Waals surface area contributed by atoms with Crippen LogP contribution in [0.3, 0.4) is 0 Å². The summed E-state index contributed by atoms with van der Waals surface area (Å²) in [7, 11) is 0. The first-order valence-electron chi connectivity index (χ1n) is 5.33. The molecular weight excluding hydrogens is 343 g/mol. The molecule has 1 N–H and O–H groups in total. The molecule has 1 fully saturated rings. The molecule has 18 heavy (non-hydrogen) atoms. The van der Waals surface area contributed by atoms with Gasteiger partial charge in [-0.15, -0.1) is 6.58 Å². The lowest BCUT2D eigenvalue weighted by molar-refractivity contribution is -0.122. The Balaban J connectivity index is 2.24. The highest BCUT2D eigenvalue weighted by molar-refractivity contribution is 14.1. The molecule has 0 atom stereocenters. The Morgan fingerprint density at radius 1 is 1.28 bits per heavy atom. The summed E-state index contributed by atoms with van der Waals surface area (Å²) in [4.78, 5) is 24.6. The predicted molar refractivity (Wildman–Crippen MR) is 77.6 cm³/mol. The molecule has 1 aliphatic rings. The fourth-order valence-corrected chi connectivity index (χ4v) is 1.95. The number of hydrogen-bond donors (Lipinski definition) is 1. The first-order valence-corrected chi connectivity index (χ1v) is 6.40. The number of urea groups is 1. The molecule has 3 amide bonds. The van der Waals surface area contributed by atoms with Crippen molar-refractivity contribution in [3.63, 3.8) is 0 Å². The molecule has 0 radical (unpaired) electrons. The maximum absolute atomic E-state index is 11.9. The maximum Gasteiger partial charge on any atom is 0.329 e. The molecule has 2 rings (SSSR count). The van der Waals surface area contributed by atoms with Gasteiger partial charge in [0, 0.05) is 10.1 Å².